The fourth-order valence-electron chi connectivity index (χ4n) is 2.18. The van der Waals surface area contributed by atoms with Gasteiger partial charge in [0.2, 0.25) is 5.95 Å². The molecule has 0 radical (unpaired) electrons. The number of aryl methyl sites for hydroxylation is 2. The van der Waals surface area contributed by atoms with Gasteiger partial charge in [0.25, 0.3) is 0 Å². The van der Waals surface area contributed by atoms with E-state index in [0.717, 1.165) is 28.2 Å². The quantitative estimate of drug-likeness (QED) is 0.573. The topological polar surface area (TPSA) is 78.9 Å². The van der Waals surface area contributed by atoms with Gasteiger partial charge >= 0.3 is 0 Å². The maximum Gasteiger partial charge on any atom is 0.243 e. The number of rotatable bonds is 4. The van der Waals surface area contributed by atoms with Crippen molar-refractivity contribution in [3.8, 4) is 11.3 Å². The number of hydrogen-bond acceptors (Lipinski definition) is 5. The number of nitrogens with zero attached hydrogens (tertiary/aromatic N) is 4. The van der Waals surface area contributed by atoms with Crippen LogP contribution in [0.5, 0.6) is 0 Å². The van der Waals surface area contributed by atoms with E-state index in [1.807, 2.05) is 19.9 Å². The first-order chi connectivity index (χ1) is 11.1. The van der Waals surface area contributed by atoms with Crippen molar-refractivity contribution in [2.75, 3.05) is 5.43 Å². The second-order valence-corrected chi connectivity index (χ2v) is 5.05. The molecular formula is C16H15FN6. The van der Waals surface area contributed by atoms with Crippen LogP contribution >= 0.6 is 0 Å². The minimum absolute atomic E-state index is 0.280. The van der Waals surface area contributed by atoms with E-state index in [1.54, 1.807) is 24.5 Å². The van der Waals surface area contributed by atoms with E-state index >= 15 is 0 Å². The molecule has 0 bridgehead atoms. The van der Waals surface area contributed by atoms with Crippen molar-refractivity contribution in [3.63, 3.8) is 0 Å². The van der Waals surface area contributed by atoms with Gasteiger partial charge in [0, 0.05) is 22.5 Å². The molecule has 0 spiro atoms. The summed E-state index contributed by atoms with van der Waals surface area (Å²) < 4.78 is 13.0. The van der Waals surface area contributed by atoms with Gasteiger partial charge < -0.3 is 0 Å². The molecule has 0 aliphatic rings. The average Bonchev–Trinajstić information content (AvgIpc) is 2.95. The van der Waals surface area contributed by atoms with Crippen LogP contribution in [0.1, 0.15) is 17.0 Å². The number of H-pyrrole nitrogens is 1. The van der Waals surface area contributed by atoms with Gasteiger partial charge in [-0.15, -0.1) is 0 Å². The van der Waals surface area contributed by atoms with E-state index < -0.39 is 0 Å². The van der Waals surface area contributed by atoms with Crippen LogP contribution in [0.25, 0.3) is 11.3 Å². The van der Waals surface area contributed by atoms with Crippen molar-refractivity contribution in [1.82, 2.24) is 20.2 Å². The van der Waals surface area contributed by atoms with Crippen LogP contribution in [0, 0.1) is 19.7 Å². The molecule has 3 aromatic rings. The Morgan fingerprint density at radius 3 is 2.52 bits per heavy atom. The Hall–Kier alpha value is -3.09. The van der Waals surface area contributed by atoms with Crippen molar-refractivity contribution < 1.29 is 4.39 Å². The molecule has 23 heavy (non-hydrogen) atoms. The number of nitrogens with one attached hydrogen (secondary N) is 2. The lowest BCUT2D eigenvalue weighted by Gasteiger charge is -2.02. The molecular weight excluding hydrogens is 295 g/mol. The molecule has 0 unspecified atom stereocenters. The van der Waals surface area contributed by atoms with Gasteiger partial charge in [-0.1, -0.05) is 0 Å². The third-order valence-corrected chi connectivity index (χ3v) is 3.15. The predicted octanol–water partition coefficient (Wildman–Crippen LogP) is 3.07. The fraction of sp³-hybridized carbons (Fsp3) is 0.125. The SMILES string of the molecule is Cc1cc(C)nc(N/N=C\c2cn[nH]c2-c2ccc(F)cc2)n1. The lowest BCUT2D eigenvalue weighted by molar-refractivity contribution is 0.628. The number of hydrogen-bond donors (Lipinski definition) is 2. The van der Waals surface area contributed by atoms with Gasteiger partial charge in [-0.2, -0.15) is 10.2 Å². The van der Waals surface area contributed by atoms with Crippen molar-refractivity contribution in [2.45, 2.75) is 13.8 Å². The van der Waals surface area contributed by atoms with E-state index in [0.29, 0.717) is 5.95 Å². The molecule has 2 aromatic heterocycles. The molecule has 0 aliphatic heterocycles. The maximum atomic E-state index is 13.0. The predicted molar refractivity (Wildman–Crippen MR) is 86.7 cm³/mol. The molecule has 2 heterocycles. The summed E-state index contributed by atoms with van der Waals surface area (Å²) in [5, 5.41) is 11.0. The minimum atomic E-state index is -0.280. The molecule has 116 valence electrons. The highest BCUT2D eigenvalue weighted by molar-refractivity contribution is 5.88. The van der Waals surface area contributed by atoms with E-state index in [2.05, 4.69) is 30.7 Å². The Labute approximate surface area is 132 Å². The van der Waals surface area contributed by atoms with E-state index in [4.69, 9.17) is 0 Å². The summed E-state index contributed by atoms with van der Waals surface area (Å²) in [5.41, 5.74) is 6.89. The molecule has 3 rings (SSSR count). The Kier molecular flexibility index (Phi) is 4.09. The first-order valence-electron chi connectivity index (χ1n) is 7.02. The first-order valence-corrected chi connectivity index (χ1v) is 7.02. The molecule has 1 aromatic carbocycles. The van der Waals surface area contributed by atoms with Crippen LogP contribution in [-0.4, -0.2) is 26.4 Å². The average molecular weight is 310 g/mol. The highest BCUT2D eigenvalue weighted by Crippen LogP contribution is 2.20. The van der Waals surface area contributed by atoms with Crippen molar-refractivity contribution in [1.29, 1.82) is 0 Å². The van der Waals surface area contributed by atoms with Crippen molar-refractivity contribution >= 4 is 12.2 Å². The Balaban J connectivity index is 1.78. The van der Waals surface area contributed by atoms with Gasteiger partial charge in [-0.05, 0) is 44.2 Å². The standard InChI is InChI=1S/C16H15FN6/c1-10-7-11(2)21-16(20-10)23-19-9-13-8-18-22-15(13)12-3-5-14(17)6-4-12/h3-9H,1-2H3,(H,18,22)(H,20,21,23)/b19-9-. The summed E-state index contributed by atoms with van der Waals surface area (Å²) in [4.78, 5) is 8.48. The molecule has 0 saturated carbocycles. The van der Waals surface area contributed by atoms with E-state index in [-0.39, 0.29) is 5.82 Å². The maximum absolute atomic E-state index is 13.0. The highest BCUT2D eigenvalue weighted by Gasteiger charge is 2.06. The third kappa shape index (κ3) is 3.57. The fourth-order valence-corrected chi connectivity index (χ4v) is 2.18. The largest absolute Gasteiger partial charge is 0.277 e. The monoisotopic (exact) mass is 310 g/mol. The zero-order valence-electron chi connectivity index (χ0n) is 12.7. The zero-order valence-corrected chi connectivity index (χ0v) is 12.7. The van der Waals surface area contributed by atoms with E-state index in [1.165, 1.54) is 12.1 Å². The molecule has 0 saturated heterocycles. The highest BCUT2D eigenvalue weighted by atomic mass is 19.1. The van der Waals surface area contributed by atoms with Gasteiger partial charge in [0.05, 0.1) is 18.1 Å². The smallest absolute Gasteiger partial charge is 0.243 e. The molecule has 0 amide bonds. The molecule has 0 atom stereocenters. The Morgan fingerprint density at radius 2 is 1.83 bits per heavy atom. The van der Waals surface area contributed by atoms with Crippen molar-refractivity contribution in [3.05, 3.63) is 59.3 Å². The molecule has 7 heteroatoms. The normalized spacial score (nSPS) is 11.1. The Bertz CT molecular complexity index is 818. The number of benzene rings is 1. The lowest BCUT2D eigenvalue weighted by Crippen LogP contribution is -1.99. The van der Waals surface area contributed by atoms with Crippen molar-refractivity contribution in [2.24, 2.45) is 5.10 Å². The lowest BCUT2D eigenvalue weighted by atomic mass is 10.1. The summed E-state index contributed by atoms with van der Waals surface area (Å²) in [6.45, 7) is 3.79. The van der Waals surface area contributed by atoms with Crippen LogP contribution in [0.15, 0.2) is 41.6 Å². The van der Waals surface area contributed by atoms with E-state index in [9.17, 15) is 4.39 Å². The van der Waals surface area contributed by atoms with Gasteiger partial charge in [0.15, 0.2) is 0 Å². The second-order valence-electron chi connectivity index (χ2n) is 5.05. The first kappa shape index (κ1) is 14.8. The van der Waals surface area contributed by atoms with Crippen LogP contribution in [0.2, 0.25) is 0 Å². The number of aromatic amines is 1. The molecule has 6 nitrogen and oxygen atoms in total. The molecule has 2 N–H and O–H groups in total. The molecule has 0 fully saturated rings. The second kappa shape index (κ2) is 6.35. The summed E-state index contributed by atoms with van der Waals surface area (Å²) >= 11 is 0. The van der Waals surface area contributed by atoms with Crippen LogP contribution in [0.4, 0.5) is 10.3 Å². The van der Waals surface area contributed by atoms with Crippen LogP contribution < -0.4 is 5.43 Å². The number of halogens is 1. The summed E-state index contributed by atoms with van der Waals surface area (Å²) in [5.74, 6) is 0.155. The zero-order chi connectivity index (χ0) is 16.2. The summed E-state index contributed by atoms with van der Waals surface area (Å²) in [7, 11) is 0. The van der Waals surface area contributed by atoms with Gasteiger partial charge in [-0.25, -0.2) is 19.8 Å². The Morgan fingerprint density at radius 1 is 1.13 bits per heavy atom. The minimum Gasteiger partial charge on any atom is -0.277 e. The number of aromatic nitrogens is 4. The van der Waals surface area contributed by atoms with Crippen LogP contribution in [0.3, 0.4) is 0 Å². The number of anilines is 1. The van der Waals surface area contributed by atoms with Gasteiger partial charge in [-0.3, -0.25) is 5.10 Å². The molecule has 0 aliphatic carbocycles. The number of hydrazone groups is 1. The summed E-state index contributed by atoms with van der Waals surface area (Å²) in [6.07, 6.45) is 3.26. The van der Waals surface area contributed by atoms with Gasteiger partial charge in [0.1, 0.15) is 5.82 Å². The van der Waals surface area contributed by atoms with Crippen LogP contribution in [-0.2, 0) is 0 Å². The summed E-state index contributed by atoms with van der Waals surface area (Å²) in [6, 6.07) is 8.05. The third-order valence-electron chi connectivity index (χ3n) is 3.15.